The molecular formula is C14H26N2O. The Balaban J connectivity index is 1.53. The van der Waals surface area contributed by atoms with E-state index in [1.54, 1.807) is 0 Å². The normalized spacial score (nSPS) is 22.8. The third-order valence-corrected chi connectivity index (χ3v) is 4.27. The zero-order chi connectivity index (χ0) is 11.9. The summed E-state index contributed by atoms with van der Waals surface area (Å²) < 4.78 is 0. The fourth-order valence-corrected chi connectivity index (χ4v) is 3.13. The molecule has 3 nitrogen and oxygen atoms in total. The lowest BCUT2D eigenvalue weighted by Gasteiger charge is -2.21. The molecule has 1 saturated heterocycles. The van der Waals surface area contributed by atoms with E-state index in [9.17, 15) is 4.79 Å². The smallest absolute Gasteiger partial charge is 0.223 e. The lowest BCUT2D eigenvalue weighted by molar-refractivity contribution is -0.125. The van der Waals surface area contributed by atoms with Gasteiger partial charge in [-0.25, -0.2) is 0 Å². The van der Waals surface area contributed by atoms with Crippen molar-refractivity contribution in [3.63, 3.8) is 0 Å². The van der Waals surface area contributed by atoms with Gasteiger partial charge in [0.15, 0.2) is 0 Å². The number of amides is 1. The van der Waals surface area contributed by atoms with Gasteiger partial charge in [-0.1, -0.05) is 25.7 Å². The van der Waals surface area contributed by atoms with E-state index in [0.717, 1.165) is 38.4 Å². The van der Waals surface area contributed by atoms with E-state index in [0.29, 0.717) is 0 Å². The van der Waals surface area contributed by atoms with E-state index < -0.39 is 0 Å². The summed E-state index contributed by atoms with van der Waals surface area (Å²) in [6.45, 7) is 2.89. The highest BCUT2D eigenvalue weighted by Gasteiger charge is 2.20. The Bertz CT molecular complexity index is 230. The molecule has 2 N–H and O–H groups in total. The van der Waals surface area contributed by atoms with Gasteiger partial charge in [0, 0.05) is 12.5 Å². The quantitative estimate of drug-likeness (QED) is 0.720. The summed E-state index contributed by atoms with van der Waals surface area (Å²) in [5.74, 6) is 1.51. The Morgan fingerprint density at radius 1 is 1.12 bits per heavy atom. The standard InChI is InChI=1S/C14H26N2O/c17-14(13-7-10-15-11-8-13)16-9-3-6-12-4-1-2-5-12/h12-13,15H,1-11H2,(H,16,17). The maximum absolute atomic E-state index is 11.9. The molecule has 0 aromatic heterocycles. The largest absolute Gasteiger partial charge is 0.356 e. The van der Waals surface area contributed by atoms with Crippen LogP contribution in [0.25, 0.3) is 0 Å². The van der Waals surface area contributed by atoms with Gasteiger partial charge in [0.2, 0.25) is 5.91 Å². The van der Waals surface area contributed by atoms with Gasteiger partial charge >= 0.3 is 0 Å². The molecule has 3 heteroatoms. The molecule has 1 saturated carbocycles. The van der Waals surface area contributed by atoms with Gasteiger partial charge in [-0.15, -0.1) is 0 Å². The second kappa shape index (κ2) is 7.00. The average Bonchev–Trinajstić information content (AvgIpc) is 2.88. The molecule has 0 aromatic carbocycles. The van der Waals surface area contributed by atoms with Gasteiger partial charge in [-0.3, -0.25) is 4.79 Å². The summed E-state index contributed by atoms with van der Waals surface area (Å²) >= 11 is 0. The molecule has 2 rings (SSSR count). The Labute approximate surface area is 105 Å². The summed E-state index contributed by atoms with van der Waals surface area (Å²) in [5, 5.41) is 6.40. The van der Waals surface area contributed by atoms with Crippen molar-refractivity contribution in [2.45, 2.75) is 51.4 Å². The summed E-state index contributed by atoms with van der Waals surface area (Å²) in [6.07, 6.45) is 10.2. The van der Waals surface area contributed by atoms with Crippen LogP contribution in [-0.4, -0.2) is 25.5 Å². The van der Waals surface area contributed by atoms with Gasteiger partial charge in [0.1, 0.15) is 0 Å². The molecule has 2 fully saturated rings. The lowest BCUT2D eigenvalue weighted by atomic mass is 9.97. The third kappa shape index (κ3) is 4.30. The summed E-state index contributed by atoms with van der Waals surface area (Å²) in [6, 6.07) is 0. The third-order valence-electron chi connectivity index (χ3n) is 4.27. The fraction of sp³-hybridized carbons (Fsp3) is 0.929. The second-order valence-electron chi connectivity index (χ2n) is 5.61. The second-order valence-corrected chi connectivity index (χ2v) is 5.61. The molecule has 1 aliphatic heterocycles. The molecule has 2 aliphatic rings. The first-order chi connectivity index (χ1) is 8.36. The first-order valence-corrected chi connectivity index (χ1v) is 7.34. The minimum atomic E-state index is 0.266. The molecule has 1 amide bonds. The molecule has 98 valence electrons. The Kier molecular flexibility index (Phi) is 5.30. The maximum atomic E-state index is 11.9. The molecule has 0 atom stereocenters. The molecule has 0 unspecified atom stereocenters. The Hall–Kier alpha value is -0.570. The van der Waals surface area contributed by atoms with Crippen molar-refractivity contribution in [2.75, 3.05) is 19.6 Å². The van der Waals surface area contributed by atoms with Gasteiger partial charge in [0.05, 0.1) is 0 Å². The van der Waals surface area contributed by atoms with Gasteiger partial charge < -0.3 is 10.6 Å². The topological polar surface area (TPSA) is 41.1 Å². The van der Waals surface area contributed by atoms with E-state index in [2.05, 4.69) is 10.6 Å². The lowest BCUT2D eigenvalue weighted by Crippen LogP contribution is -2.38. The van der Waals surface area contributed by atoms with E-state index in [1.165, 1.54) is 38.5 Å². The number of hydrogen-bond donors (Lipinski definition) is 2. The van der Waals surface area contributed by atoms with Crippen molar-refractivity contribution < 1.29 is 4.79 Å². The monoisotopic (exact) mass is 238 g/mol. The first-order valence-electron chi connectivity index (χ1n) is 7.34. The van der Waals surface area contributed by atoms with Crippen molar-refractivity contribution in [2.24, 2.45) is 11.8 Å². The van der Waals surface area contributed by atoms with Crippen LogP contribution < -0.4 is 10.6 Å². The van der Waals surface area contributed by atoms with E-state index in [1.807, 2.05) is 0 Å². The van der Waals surface area contributed by atoms with Crippen molar-refractivity contribution >= 4 is 5.91 Å². The number of rotatable bonds is 5. The van der Waals surface area contributed by atoms with Crippen LogP contribution in [0.4, 0.5) is 0 Å². The Morgan fingerprint density at radius 2 is 1.82 bits per heavy atom. The highest BCUT2D eigenvalue weighted by molar-refractivity contribution is 5.78. The number of hydrogen-bond acceptors (Lipinski definition) is 2. The van der Waals surface area contributed by atoms with Gasteiger partial charge in [0.25, 0.3) is 0 Å². The van der Waals surface area contributed by atoms with Crippen LogP contribution in [0.3, 0.4) is 0 Å². The number of nitrogens with one attached hydrogen (secondary N) is 2. The van der Waals surface area contributed by atoms with Crippen LogP contribution in [0.1, 0.15) is 51.4 Å². The molecule has 1 heterocycles. The van der Waals surface area contributed by atoms with Crippen LogP contribution in [0.15, 0.2) is 0 Å². The zero-order valence-electron chi connectivity index (χ0n) is 10.8. The number of piperidine rings is 1. The summed E-state index contributed by atoms with van der Waals surface area (Å²) in [5.41, 5.74) is 0. The van der Waals surface area contributed by atoms with Crippen molar-refractivity contribution in [1.82, 2.24) is 10.6 Å². The number of carbonyl (C=O) groups excluding carboxylic acids is 1. The predicted molar refractivity (Wildman–Crippen MR) is 69.8 cm³/mol. The van der Waals surface area contributed by atoms with Gasteiger partial charge in [-0.05, 0) is 44.7 Å². The van der Waals surface area contributed by atoms with E-state index in [4.69, 9.17) is 0 Å². The molecule has 0 radical (unpaired) electrons. The van der Waals surface area contributed by atoms with Crippen LogP contribution in [0.2, 0.25) is 0 Å². The molecule has 0 bridgehead atoms. The van der Waals surface area contributed by atoms with Crippen molar-refractivity contribution in [3.05, 3.63) is 0 Å². The van der Waals surface area contributed by atoms with Crippen LogP contribution in [0, 0.1) is 11.8 Å². The molecular weight excluding hydrogens is 212 g/mol. The van der Waals surface area contributed by atoms with Crippen molar-refractivity contribution in [3.8, 4) is 0 Å². The summed E-state index contributed by atoms with van der Waals surface area (Å²) in [4.78, 5) is 11.9. The minimum absolute atomic E-state index is 0.266. The van der Waals surface area contributed by atoms with Crippen LogP contribution >= 0.6 is 0 Å². The van der Waals surface area contributed by atoms with E-state index >= 15 is 0 Å². The molecule has 0 aromatic rings. The fourth-order valence-electron chi connectivity index (χ4n) is 3.13. The molecule has 1 aliphatic carbocycles. The highest BCUT2D eigenvalue weighted by Crippen LogP contribution is 2.28. The van der Waals surface area contributed by atoms with Gasteiger partial charge in [-0.2, -0.15) is 0 Å². The zero-order valence-corrected chi connectivity index (χ0v) is 10.8. The first kappa shape index (κ1) is 12.9. The van der Waals surface area contributed by atoms with Crippen LogP contribution in [0.5, 0.6) is 0 Å². The van der Waals surface area contributed by atoms with E-state index in [-0.39, 0.29) is 11.8 Å². The van der Waals surface area contributed by atoms with Crippen molar-refractivity contribution in [1.29, 1.82) is 0 Å². The summed E-state index contributed by atoms with van der Waals surface area (Å²) in [7, 11) is 0. The average molecular weight is 238 g/mol. The highest BCUT2D eigenvalue weighted by atomic mass is 16.1. The maximum Gasteiger partial charge on any atom is 0.223 e. The SMILES string of the molecule is O=C(NCCCC1CCCC1)C1CCNCC1. The predicted octanol–water partition coefficient (Wildman–Crippen LogP) is 2.07. The number of carbonyl (C=O) groups is 1. The molecule has 17 heavy (non-hydrogen) atoms. The molecule has 0 spiro atoms. The minimum Gasteiger partial charge on any atom is -0.356 e. The Morgan fingerprint density at radius 3 is 2.53 bits per heavy atom. The van der Waals surface area contributed by atoms with Crippen LogP contribution in [-0.2, 0) is 4.79 Å².